The third-order valence-electron chi connectivity index (χ3n) is 17.2. The maximum Gasteiger partial charge on any atom is 0.416 e. The predicted molar refractivity (Wildman–Crippen MR) is 338 cm³/mol. The van der Waals surface area contributed by atoms with Crippen LogP contribution >= 0.6 is 0 Å². The number of unbranched alkanes of at least 4 members (excludes halogenated alkanes) is 4. The molecule has 8 rings (SSSR count). The molecule has 7 atom stereocenters. The molecule has 25 heteroatoms. The predicted octanol–water partition coefficient (Wildman–Crippen LogP) is 7.06. The standard InChI is InChI=1S/C66H86N10O15/c1-9-41(6)45-31-57(78)73(61(45)81)24-13-10-12-18-56(77)72-58(38(2)3)60(80)71-48(17-16-23-68-65(67)85)59(79)70-43-21-19-42(20-22-43)37-91-66(86)76-50-33-55(53(88-8)30-47(50)63(83)75-36-40(5)28-51(75)64(76)84)90-26-15-11-14-25-89-54-32-49-46(29-52(54)87-7)62(82)74-35-39(4)27-44(74)34-69-49/h19-22,29-30,32-34,38,41,44-45,48,51,58,64,84H,4-5,9-18,23-28,31,35-37H2,1-3,6-8H3,(H,70,79)(H,71,80)(H,72,77)(H3,67,68,85)/t41-,44-,45?,48-,51-,58-,64-/m0/s1. The molecule has 3 fully saturated rings. The van der Waals surface area contributed by atoms with Crippen LogP contribution in [-0.2, 0) is 35.3 Å². The Hall–Kier alpha value is -9.00. The summed E-state index contributed by atoms with van der Waals surface area (Å²) in [6.07, 6.45) is 5.07. The number of methoxy groups -OCH3 is 2. The Bertz CT molecular complexity index is 3280. The second kappa shape index (κ2) is 31.2. The first-order valence-electron chi connectivity index (χ1n) is 31.3. The van der Waals surface area contributed by atoms with Crippen molar-refractivity contribution in [3.8, 4) is 23.0 Å². The van der Waals surface area contributed by atoms with Crippen LogP contribution in [0.2, 0.25) is 0 Å². The van der Waals surface area contributed by atoms with Gasteiger partial charge in [-0.25, -0.2) is 14.5 Å². The maximum absolute atomic E-state index is 14.3. The van der Waals surface area contributed by atoms with E-state index in [2.05, 4.69) is 39.4 Å². The Morgan fingerprint density at radius 1 is 0.758 bits per heavy atom. The number of nitrogens with two attached hydrogens (primary N) is 1. The largest absolute Gasteiger partial charge is 0.493 e. The van der Waals surface area contributed by atoms with Crippen molar-refractivity contribution in [1.82, 2.24) is 30.7 Å². The number of aliphatic hydroxyl groups excluding tert-OH is 1. The van der Waals surface area contributed by atoms with Gasteiger partial charge in [-0.2, -0.15) is 0 Å². The summed E-state index contributed by atoms with van der Waals surface area (Å²) >= 11 is 0. The molecule has 25 nitrogen and oxygen atoms in total. The number of aliphatic imine (C=N–C) groups is 1. The SMILES string of the molecule is C=C1C[C@H]2C=Nc3cc(OCCCCCOc4cc5c(cc4OC)C(=O)N4CC(=C)C[C@H]4[C@H](O)N5C(=O)OCc4ccc(NC(=O)[C@H](CCCNC(N)=O)NC(=O)[C@@H](NC(=O)CCCCCN5C(=O)CC([C@@H](C)CC)C5=O)C(C)C)cc4)c(OC)cc3C(=O)N2C1. The number of primary amides is 1. The Labute approximate surface area is 530 Å². The number of likely N-dealkylation sites (tertiary alicyclic amines) is 1. The van der Waals surface area contributed by atoms with E-state index in [9.17, 15) is 48.3 Å². The molecular weight excluding hydrogens is 1170 g/mol. The fraction of sp³-hybridized carbons (Fsp3) is 0.515. The van der Waals surface area contributed by atoms with Gasteiger partial charge in [-0.3, -0.25) is 43.5 Å². The van der Waals surface area contributed by atoms with Gasteiger partial charge in [-0.15, -0.1) is 0 Å². The van der Waals surface area contributed by atoms with Crippen molar-refractivity contribution in [2.75, 3.05) is 63.8 Å². The molecule has 3 aromatic carbocycles. The summed E-state index contributed by atoms with van der Waals surface area (Å²) in [6.45, 7) is 16.9. The average molecular weight is 1260 g/mol. The maximum atomic E-state index is 14.3. The Morgan fingerprint density at radius 2 is 1.41 bits per heavy atom. The third-order valence-corrected chi connectivity index (χ3v) is 17.2. The lowest BCUT2D eigenvalue weighted by Gasteiger charge is -2.31. The minimum absolute atomic E-state index is 0.0418. The number of anilines is 2. The van der Waals surface area contributed by atoms with Crippen LogP contribution in [-0.4, -0.2) is 164 Å². The molecule has 91 heavy (non-hydrogen) atoms. The van der Waals surface area contributed by atoms with Gasteiger partial charge in [0.2, 0.25) is 29.5 Å². The number of amides is 10. The number of carbonyl (C=O) groups excluding carboxylic acids is 9. The number of nitrogens with zero attached hydrogens (tertiary/aromatic N) is 5. The van der Waals surface area contributed by atoms with Crippen LogP contribution in [0.4, 0.5) is 26.7 Å². The van der Waals surface area contributed by atoms with E-state index in [1.165, 1.54) is 36.2 Å². The van der Waals surface area contributed by atoms with E-state index in [-0.39, 0.29) is 129 Å². The highest BCUT2D eigenvalue weighted by Crippen LogP contribution is 2.43. The van der Waals surface area contributed by atoms with Crippen LogP contribution in [0.3, 0.4) is 0 Å². The normalized spacial score (nSPS) is 19.4. The quantitative estimate of drug-likeness (QED) is 0.0221. The van der Waals surface area contributed by atoms with Gasteiger partial charge in [0.15, 0.2) is 29.2 Å². The lowest BCUT2D eigenvalue weighted by Crippen LogP contribution is -2.54. The molecule has 0 radical (unpaired) electrons. The molecule has 3 aromatic rings. The molecule has 0 aliphatic carbocycles. The number of fused-ring (bicyclic) bond motifs is 4. The second-order valence-corrected chi connectivity index (χ2v) is 24.2. The summed E-state index contributed by atoms with van der Waals surface area (Å²) in [5.41, 5.74) is 8.79. The molecule has 0 saturated carbocycles. The lowest BCUT2D eigenvalue weighted by atomic mass is 9.90. The average Bonchev–Trinajstić information content (AvgIpc) is 1.70. The summed E-state index contributed by atoms with van der Waals surface area (Å²) in [5, 5.41) is 22.9. The first kappa shape index (κ1) is 67.9. The van der Waals surface area contributed by atoms with Crippen LogP contribution in [0.25, 0.3) is 0 Å². The number of carbonyl (C=O) groups is 9. The molecular formula is C66H86N10O15. The van der Waals surface area contributed by atoms with Crippen molar-refractivity contribution in [3.63, 3.8) is 0 Å². The molecule has 5 heterocycles. The fourth-order valence-electron chi connectivity index (χ4n) is 11.9. The van der Waals surface area contributed by atoms with Crippen LogP contribution in [0, 0.1) is 17.8 Å². The van der Waals surface area contributed by atoms with Gasteiger partial charge < -0.3 is 65.6 Å². The summed E-state index contributed by atoms with van der Waals surface area (Å²) < 4.78 is 29.5. The van der Waals surface area contributed by atoms with Gasteiger partial charge in [0.05, 0.1) is 62.0 Å². The first-order valence-corrected chi connectivity index (χ1v) is 31.3. The van der Waals surface area contributed by atoms with E-state index < -0.39 is 54.2 Å². The fourth-order valence-corrected chi connectivity index (χ4v) is 11.9. The van der Waals surface area contributed by atoms with Crippen LogP contribution in [0.5, 0.6) is 23.0 Å². The molecule has 3 saturated heterocycles. The molecule has 1 unspecified atom stereocenters. The number of urea groups is 1. The van der Waals surface area contributed by atoms with Gasteiger partial charge in [0.1, 0.15) is 18.7 Å². The minimum Gasteiger partial charge on any atom is -0.493 e. The zero-order chi connectivity index (χ0) is 65.6. The Kier molecular flexibility index (Phi) is 23.3. The molecule has 5 aliphatic heterocycles. The second-order valence-electron chi connectivity index (χ2n) is 24.2. The number of imide groups is 1. The number of aliphatic hydroxyl groups is 1. The molecule has 7 N–H and O–H groups in total. The smallest absolute Gasteiger partial charge is 0.416 e. The number of rotatable bonds is 30. The van der Waals surface area contributed by atoms with Gasteiger partial charge >= 0.3 is 12.1 Å². The van der Waals surface area contributed by atoms with E-state index in [1.807, 2.05) is 13.8 Å². The molecule has 490 valence electrons. The zero-order valence-corrected chi connectivity index (χ0v) is 52.8. The van der Waals surface area contributed by atoms with Crippen LogP contribution in [0.1, 0.15) is 137 Å². The van der Waals surface area contributed by atoms with Crippen molar-refractivity contribution >= 4 is 76.8 Å². The van der Waals surface area contributed by atoms with Crippen molar-refractivity contribution in [2.24, 2.45) is 28.5 Å². The number of hydrogen-bond donors (Lipinski definition) is 6. The highest BCUT2D eigenvalue weighted by atomic mass is 16.6. The first-order chi connectivity index (χ1) is 43.6. The summed E-state index contributed by atoms with van der Waals surface area (Å²) in [6, 6.07) is 8.83. The van der Waals surface area contributed by atoms with Crippen LogP contribution in [0.15, 0.2) is 77.8 Å². The summed E-state index contributed by atoms with van der Waals surface area (Å²) in [4.78, 5) is 130. The molecule has 0 aromatic heterocycles. The summed E-state index contributed by atoms with van der Waals surface area (Å²) in [5.74, 6) is -1.70. The topological polar surface area (TPSA) is 319 Å². The monoisotopic (exact) mass is 1260 g/mol. The van der Waals surface area contributed by atoms with E-state index in [1.54, 1.807) is 61.4 Å². The molecule has 10 amide bonds. The van der Waals surface area contributed by atoms with Crippen molar-refractivity contribution < 1.29 is 71.9 Å². The number of benzene rings is 3. The van der Waals surface area contributed by atoms with E-state index in [0.717, 1.165) is 16.9 Å². The van der Waals surface area contributed by atoms with Crippen molar-refractivity contribution in [1.29, 1.82) is 0 Å². The van der Waals surface area contributed by atoms with Gasteiger partial charge in [0.25, 0.3) is 11.8 Å². The van der Waals surface area contributed by atoms with E-state index in [0.29, 0.717) is 104 Å². The number of ether oxygens (including phenoxy) is 5. The molecule has 0 bridgehead atoms. The summed E-state index contributed by atoms with van der Waals surface area (Å²) in [7, 11) is 2.95. The van der Waals surface area contributed by atoms with Crippen LogP contribution < -0.4 is 50.8 Å². The third kappa shape index (κ3) is 16.7. The highest BCUT2D eigenvalue weighted by Gasteiger charge is 2.47. The van der Waals surface area contributed by atoms with Crippen molar-refractivity contribution in [2.45, 2.75) is 148 Å². The van der Waals surface area contributed by atoms with E-state index in [4.69, 9.17) is 29.4 Å². The van der Waals surface area contributed by atoms with E-state index >= 15 is 0 Å². The number of hydrogen-bond acceptors (Lipinski definition) is 16. The highest BCUT2D eigenvalue weighted by molar-refractivity contribution is 6.07. The van der Waals surface area contributed by atoms with Gasteiger partial charge in [0, 0.05) is 69.0 Å². The lowest BCUT2D eigenvalue weighted by molar-refractivity contribution is -0.140. The van der Waals surface area contributed by atoms with Gasteiger partial charge in [-0.05, 0) is 99.5 Å². The Balaban J connectivity index is 0.854. The number of nitrogens with one attached hydrogen (secondary N) is 4. The zero-order valence-electron chi connectivity index (χ0n) is 52.8. The van der Waals surface area contributed by atoms with Gasteiger partial charge in [-0.1, -0.05) is 77.0 Å². The minimum atomic E-state index is -1.56. The Morgan fingerprint density at radius 3 is 2.08 bits per heavy atom. The molecule has 0 spiro atoms. The van der Waals surface area contributed by atoms with Crippen molar-refractivity contribution in [3.05, 3.63) is 89.5 Å². The molecule has 5 aliphatic rings.